The molecule has 0 aliphatic carbocycles. The van der Waals surface area contributed by atoms with E-state index in [0.29, 0.717) is 49.4 Å². The number of carbonyl (C=O) groups excluding carboxylic acids is 3. The van der Waals surface area contributed by atoms with Crippen molar-refractivity contribution in [1.29, 1.82) is 0 Å². The third kappa shape index (κ3) is 3.29. The molecule has 1 amide bonds. The van der Waals surface area contributed by atoms with Crippen molar-refractivity contribution in [3.8, 4) is 5.75 Å². The number of methoxy groups -OCH3 is 1. The van der Waals surface area contributed by atoms with E-state index in [0.717, 1.165) is 0 Å². The van der Waals surface area contributed by atoms with E-state index in [9.17, 15) is 14.4 Å². The number of benzene rings is 1. The zero-order valence-electron chi connectivity index (χ0n) is 14.8. The summed E-state index contributed by atoms with van der Waals surface area (Å²) in [6.07, 6.45) is 3.38. The summed E-state index contributed by atoms with van der Waals surface area (Å²) in [5, 5.41) is 0. The Bertz CT molecular complexity index is 761. The molecule has 2 heterocycles. The lowest BCUT2D eigenvalue weighted by Crippen LogP contribution is -2.52. The number of likely N-dealkylation sites (tertiary alicyclic amines) is 1. The molecule has 2 aliphatic rings. The lowest BCUT2D eigenvalue weighted by Gasteiger charge is -2.36. The summed E-state index contributed by atoms with van der Waals surface area (Å²) < 4.78 is 15.6. The Morgan fingerprint density at radius 1 is 1.31 bits per heavy atom. The number of hydrogen-bond donors (Lipinski definition) is 0. The smallest absolute Gasteiger partial charge is 0.409 e. The monoisotopic (exact) mass is 359 g/mol. The summed E-state index contributed by atoms with van der Waals surface area (Å²) in [4.78, 5) is 37.6. The zero-order chi connectivity index (χ0) is 18.7. The number of esters is 1. The summed E-state index contributed by atoms with van der Waals surface area (Å²) in [5.74, 6) is -0.00462. The molecule has 7 nitrogen and oxygen atoms in total. The van der Waals surface area contributed by atoms with Crippen LogP contribution >= 0.6 is 0 Å². The predicted molar refractivity (Wildman–Crippen MR) is 93.0 cm³/mol. The quantitative estimate of drug-likeness (QED) is 0.609. The SMILES string of the molecule is CCOC(=O)N1CCC2(CC1)Oc1ccc(C=CC(=O)OC)cc1C2=O. The van der Waals surface area contributed by atoms with Crippen LogP contribution in [-0.4, -0.2) is 55.2 Å². The molecule has 0 aromatic heterocycles. The van der Waals surface area contributed by atoms with Gasteiger partial charge < -0.3 is 19.1 Å². The van der Waals surface area contributed by atoms with Crippen LogP contribution in [0.2, 0.25) is 0 Å². The molecule has 2 aliphatic heterocycles. The van der Waals surface area contributed by atoms with Crippen LogP contribution in [0, 0.1) is 0 Å². The molecular weight excluding hydrogens is 338 g/mol. The molecule has 1 spiro atoms. The van der Waals surface area contributed by atoms with Crippen molar-refractivity contribution in [2.45, 2.75) is 25.4 Å². The van der Waals surface area contributed by atoms with Crippen molar-refractivity contribution in [2.24, 2.45) is 0 Å². The number of rotatable bonds is 3. The highest BCUT2D eigenvalue weighted by molar-refractivity contribution is 6.08. The molecule has 0 N–H and O–H groups in total. The van der Waals surface area contributed by atoms with Crippen molar-refractivity contribution >= 4 is 23.9 Å². The Morgan fingerprint density at radius 3 is 2.69 bits per heavy atom. The first-order valence-corrected chi connectivity index (χ1v) is 8.54. The molecular formula is C19H21NO6. The molecule has 1 aromatic carbocycles. The fourth-order valence-corrected chi connectivity index (χ4v) is 3.25. The number of carbonyl (C=O) groups is 3. The molecule has 0 atom stereocenters. The van der Waals surface area contributed by atoms with Crippen molar-refractivity contribution in [3.05, 3.63) is 35.4 Å². The number of ether oxygens (including phenoxy) is 3. The fraction of sp³-hybridized carbons (Fsp3) is 0.421. The van der Waals surface area contributed by atoms with Gasteiger partial charge in [-0.2, -0.15) is 0 Å². The normalized spacial score (nSPS) is 17.9. The zero-order valence-corrected chi connectivity index (χ0v) is 14.8. The minimum absolute atomic E-state index is 0.0793. The summed E-state index contributed by atoms with van der Waals surface area (Å²) in [6.45, 7) is 2.90. The van der Waals surface area contributed by atoms with Gasteiger partial charge in [0.2, 0.25) is 5.78 Å². The second-order valence-corrected chi connectivity index (χ2v) is 6.22. The number of fused-ring (bicyclic) bond motifs is 1. The molecule has 1 aromatic rings. The van der Waals surface area contributed by atoms with Crippen LogP contribution in [0.1, 0.15) is 35.7 Å². The molecule has 0 bridgehead atoms. The summed E-state index contributed by atoms with van der Waals surface area (Å²) in [7, 11) is 1.30. The van der Waals surface area contributed by atoms with E-state index in [1.54, 1.807) is 36.1 Å². The number of ketones is 1. The third-order valence-corrected chi connectivity index (χ3v) is 4.68. The number of piperidine rings is 1. The van der Waals surface area contributed by atoms with E-state index in [2.05, 4.69) is 4.74 Å². The Morgan fingerprint density at radius 2 is 2.04 bits per heavy atom. The topological polar surface area (TPSA) is 82.1 Å². The highest BCUT2D eigenvalue weighted by atomic mass is 16.6. The second kappa shape index (κ2) is 7.19. The van der Waals surface area contributed by atoms with E-state index >= 15 is 0 Å². The van der Waals surface area contributed by atoms with Crippen LogP contribution in [-0.2, 0) is 14.3 Å². The number of hydrogen-bond acceptors (Lipinski definition) is 6. The van der Waals surface area contributed by atoms with Crippen LogP contribution in [0.25, 0.3) is 6.08 Å². The lowest BCUT2D eigenvalue weighted by atomic mass is 9.85. The van der Waals surface area contributed by atoms with Crippen molar-refractivity contribution in [2.75, 3.05) is 26.8 Å². The van der Waals surface area contributed by atoms with Gasteiger partial charge in [0.1, 0.15) is 5.75 Å². The maximum atomic E-state index is 12.9. The van der Waals surface area contributed by atoms with Gasteiger partial charge in [0.15, 0.2) is 5.60 Å². The highest BCUT2D eigenvalue weighted by Gasteiger charge is 2.50. The summed E-state index contributed by atoms with van der Waals surface area (Å²) in [5.41, 5.74) is 0.296. The molecule has 26 heavy (non-hydrogen) atoms. The van der Waals surface area contributed by atoms with Gasteiger partial charge in [-0.25, -0.2) is 9.59 Å². The second-order valence-electron chi connectivity index (χ2n) is 6.22. The number of Topliss-reactive ketones (excluding diaryl/α,β-unsaturated/α-hetero) is 1. The first-order chi connectivity index (χ1) is 12.5. The van der Waals surface area contributed by atoms with Gasteiger partial charge in [-0.1, -0.05) is 6.07 Å². The van der Waals surface area contributed by atoms with E-state index in [1.807, 2.05) is 0 Å². The van der Waals surface area contributed by atoms with Gasteiger partial charge in [-0.05, 0) is 30.7 Å². The molecule has 0 saturated carbocycles. The van der Waals surface area contributed by atoms with Crippen molar-refractivity contribution in [3.63, 3.8) is 0 Å². The van der Waals surface area contributed by atoms with Gasteiger partial charge >= 0.3 is 12.1 Å². The molecule has 3 rings (SSSR count). The van der Waals surface area contributed by atoms with Crippen LogP contribution < -0.4 is 4.74 Å². The number of nitrogens with zero attached hydrogens (tertiary/aromatic N) is 1. The van der Waals surface area contributed by atoms with Crippen LogP contribution in [0.4, 0.5) is 4.79 Å². The van der Waals surface area contributed by atoms with Gasteiger partial charge in [-0.3, -0.25) is 4.79 Å². The fourth-order valence-electron chi connectivity index (χ4n) is 3.25. The third-order valence-electron chi connectivity index (χ3n) is 4.68. The van der Waals surface area contributed by atoms with E-state index < -0.39 is 11.6 Å². The summed E-state index contributed by atoms with van der Waals surface area (Å²) >= 11 is 0. The standard InChI is InChI=1S/C19H21NO6/c1-3-25-18(23)20-10-8-19(9-11-20)17(22)14-12-13(4-6-15(14)26-19)5-7-16(21)24-2/h4-7,12H,3,8-11H2,1-2H3. The van der Waals surface area contributed by atoms with E-state index in [-0.39, 0.29) is 11.9 Å². The Hall–Kier alpha value is -2.83. The van der Waals surface area contributed by atoms with Gasteiger partial charge in [0, 0.05) is 32.0 Å². The van der Waals surface area contributed by atoms with Crippen molar-refractivity contribution in [1.82, 2.24) is 4.90 Å². The van der Waals surface area contributed by atoms with Crippen LogP contribution in [0.3, 0.4) is 0 Å². The summed E-state index contributed by atoms with van der Waals surface area (Å²) in [6, 6.07) is 5.22. The Labute approximate surface area is 151 Å². The Kier molecular flexibility index (Phi) is 4.97. The lowest BCUT2D eigenvalue weighted by molar-refractivity contribution is -0.134. The molecule has 0 unspecified atom stereocenters. The van der Waals surface area contributed by atoms with Crippen LogP contribution in [0.15, 0.2) is 24.3 Å². The van der Waals surface area contributed by atoms with Gasteiger partial charge in [0.05, 0.1) is 19.3 Å². The average Bonchev–Trinajstić information content (AvgIpc) is 2.92. The maximum Gasteiger partial charge on any atom is 0.409 e. The van der Waals surface area contributed by atoms with Gasteiger partial charge in [-0.15, -0.1) is 0 Å². The first-order valence-electron chi connectivity index (χ1n) is 8.54. The predicted octanol–water partition coefficient (Wildman–Crippen LogP) is 2.44. The van der Waals surface area contributed by atoms with Crippen molar-refractivity contribution < 1.29 is 28.6 Å². The molecule has 0 radical (unpaired) electrons. The maximum absolute atomic E-state index is 12.9. The first kappa shape index (κ1) is 18.0. The van der Waals surface area contributed by atoms with Crippen LogP contribution in [0.5, 0.6) is 5.75 Å². The highest BCUT2D eigenvalue weighted by Crippen LogP contribution is 2.41. The minimum atomic E-state index is -0.921. The van der Waals surface area contributed by atoms with Gasteiger partial charge in [0.25, 0.3) is 0 Å². The molecule has 7 heteroatoms. The molecule has 1 saturated heterocycles. The largest absolute Gasteiger partial charge is 0.478 e. The molecule has 138 valence electrons. The van der Waals surface area contributed by atoms with E-state index in [4.69, 9.17) is 9.47 Å². The number of amides is 1. The minimum Gasteiger partial charge on any atom is -0.478 e. The average molecular weight is 359 g/mol. The Balaban J connectivity index is 1.73. The van der Waals surface area contributed by atoms with E-state index in [1.165, 1.54) is 13.2 Å². The molecule has 1 fully saturated rings.